The number of likely N-dealkylation sites (tertiary alicyclic amines) is 1. The maximum absolute atomic E-state index is 12.3. The molecule has 0 bridgehead atoms. The van der Waals surface area contributed by atoms with Crippen LogP contribution in [0.15, 0.2) is 11.2 Å². The number of carbonyl (C=O) groups excluding carboxylic acids is 1. The van der Waals surface area contributed by atoms with Gasteiger partial charge in [-0.3, -0.25) is 9.79 Å². The van der Waals surface area contributed by atoms with Crippen LogP contribution in [-0.4, -0.2) is 54.5 Å². The molecule has 0 radical (unpaired) electrons. The van der Waals surface area contributed by atoms with Gasteiger partial charge in [-0.1, -0.05) is 6.92 Å². The van der Waals surface area contributed by atoms with Gasteiger partial charge in [0.15, 0.2) is 5.96 Å². The fraction of sp³-hybridized carbons (Fsp3) is 0.722. The van der Waals surface area contributed by atoms with Gasteiger partial charge in [0.2, 0.25) is 5.91 Å². The molecule has 0 aliphatic carbocycles. The second-order valence-electron chi connectivity index (χ2n) is 6.64. The first-order valence-electron chi connectivity index (χ1n) is 9.29. The Kier molecular flexibility index (Phi) is 8.18. The molecule has 2 rings (SSSR count). The van der Waals surface area contributed by atoms with Crippen molar-refractivity contribution in [3.63, 3.8) is 0 Å². The number of nitrogens with one attached hydrogen (secondary N) is 2. The molecule has 0 aromatic carbocycles. The number of aliphatic imine (C=N–C) groups is 1. The molecule has 1 aliphatic heterocycles. The van der Waals surface area contributed by atoms with E-state index in [9.17, 15) is 4.79 Å². The lowest BCUT2D eigenvalue weighted by Crippen LogP contribution is -2.42. The first-order valence-corrected chi connectivity index (χ1v) is 10.1. The number of amides is 1. The zero-order valence-electron chi connectivity index (χ0n) is 15.7. The molecule has 0 saturated carbocycles. The Morgan fingerprint density at radius 2 is 2.32 bits per heavy atom. The monoisotopic (exact) mass is 365 g/mol. The highest BCUT2D eigenvalue weighted by molar-refractivity contribution is 7.11. The molecule has 1 aliphatic rings. The molecule has 6 nitrogen and oxygen atoms in total. The van der Waals surface area contributed by atoms with Crippen molar-refractivity contribution in [3.05, 3.63) is 16.1 Å². The van der Waals surface area contributed by atoms with E-state index >= 15 is 0 Å². The van der Waals surface area contributed by atoms with Crippen molar-refractivity contribution in [1.29, 1.82) is 0 Å². The Hall–Kier alpha value is -1.63. The summed E-state index contributed by atoms with van der Waals surface area (Å²) in [5, 5.41) is 7.62. The van der Waals surface area contributed by atoms with Gasteiger partial charge in [0.1, 0.15) is 0 Å². The lowest BCUT2D eigenvalue weighted by Gasteiger charge is -2.31. The normalized spacial score (nSPS) is 18.3. The molecule has 1 aromatic heterocycles. The molecule has 1 fully saturated rings. The highest BCUT2D eigenvalue weighted by Crippen LogP contribution is 2.16. The molecule has 140 valence electrons. The van der Waals surface area contributed by atoms with E-state index in [2.05, 4.69) is 34.5 Å². The third kappa shape index (κ3) is 7.02. The molecule has 7 heteroatoms. The smallest absolute Gasteiger partial charge is 0.224 e. The molecule has 2 N–H and O–H groups in total. The van der Waals surface area contributed by atoms with E-state index in [-0.39, 0.29) is 5.91 Å². The topological polar surface area (TPSA) is 69.6 Å². The number of piperidine rings is 1. The summed E-state index contributed by atoms with van der Waals surface area (Å²) < 4.78 is 0. The molecule has 1 atom stereocenters. The lowest BCUT2D eigenvalue weighted by molar-refractivity contribution is -0.132. The highest BCUT2D eigenvalue weighted by Gasteiger charge is 2.20. The summed E-state index contributed by atoms with van der Waals surface area (Å²) in [7, 11) is 0. The van der Waals surface area contributed by atoms with Crippen LogP contribution in [0.4, 0.5) is 0 Å². The zero-order valence-corrected chi connectivity index (χ0v) is 16.5. The fourth-order valence-electron chi connectivity index (χ4n) is 2.98. The number of rotatable bonds is 7. The summed E-state index contributed by atoms with van der Waals surface area (Å²) >= 11 is 1.72. The predicted octanol–water partition coefficient (Wildman–Crippen LogP) is 2.20. The molecule has 1 amide bonds. The van der Waals surface area contributed by atoms with Gasteiger partial charge in [-0.2, -0.15) is 0 Å². The molecule has 25 heavy (non-hydrogen) atoms. The second kappa shape index (κ2) is 10.4. The molecular formula is C18H31N5OS. The van der Waals surface area contributed by atoms with Crippen molar-refractivity contribution in [2.24, 2.45) is 10.9 Å². The largest absolute Gasteiger partial charge is 0.357 e. The number of hydrogen-bond acceptors (Lipinski definition) is 4. The standard InChI is InChI=1S/C18H31N5OS/c1-4-19-18(20-9-7-16-22-12-15(3)25-16)21-10-8-17(24)23-11-5-6-14(2)13-23/h12,14H,4-11,13H2,1-3H3,(H2,19,20,21). The summed E-state index contributed by atoms with van der Waals surface area (Å²) in [4.78, 5) is 24.5. The Morgan fingerprint density at radius 3 is 3.00 bits per heavy atom. The molecule has 1 unspecified atom stereocenters. The van der Waals surface area contributed by atoms with E-state index in [0.29, 0.717) is 25.4 Å². The van der Waals surface area contributed by atoms with Gasteiger partial charge in [-0.05, 0) is 32.6 Å². The van der Waals surface area contributed by atoms with Crippen molar-refractivity contribution in [3.8, 4) is 0 Å². The van der Waals surface area contributed by atoms with Crippen molar-refractivity contribution >= 4 is 23.2 Å². The van der Waals surface area contributed by atoms with Gasteiger partial charge in [-0.15, -0.1) is 11.3 Å². The number of aromatic nitrogens is 1. The Morgan fingerprint density at radius 1 is 1.48 bits per heavy atom. The molecule has 2 heterocycles. The van der Waals surface area contributed by atoms with Gasteiger partial charge in [0, 0.05) is 56.6 Å². The summed E-state index contributed by atoms with van der Waals surface area (Å²) in [6, 6.07) is 0. The van der Waals surface area contributed by atoms with E-state index in [1.54, 1.807) is 11.3 Å². The van der Waals surface area contributed by atoms with Gasteiger partial charge in [0.05, 0.1) is 5.01 Å². The van der Waals surface area contributed by atoms with Crippen LogP contribution in [0, 0.1) is 12.8 Å². The van der Waals surface area contributed by atoms with Crippen LogP contribution >= 0.6 is 11.3 Å². The Balaban J connectivity index is 1.72. The van der Waals surface area contributed by atoms with Crippen molar-refractivity contribution in [1.82, 2.24) is 20.5 Å². The van der Waals surface area contributed by atoms with Crippen LogP contribution in [0.3, 0.4) is 0 Å². The van der Waals surface area contributed by atoms with Crippen molar-refractivity contribution in [2.45, 2.75) is 46.5 Å². The fourth-order valence-corrected chi connectivity index (χ4v) is 3.76. The SMILES string of the molecule is CCNC(=NCCc1ncc(C)s1)NCCC(=O)N1CCCC(C)C1. The summed E-state index contributed by atoms with van der Waals surface area (Å²) in [5.41, 5.74) is 0. The minimum absolute atomic E-state index is 0.244. The summed E-state index contributed by atoms with van der Waals surface area (Å²) in [5.74, 6) is 1.64. The lowest BCUT2D eigenvalue weighted by atomic mass is 10.00. The van der Waals surface area contributed by atoms with E-state index < -0.39 is 0 Å². The third-order valence-electron chi connectivity index (χ3n) is 4.25. The molecule has 1 aromatic rings. The number of guanidine groups is 1. The highest BCUT2D eigenvalue weighted by atomic mass is 32.1. The van der Waals surface area contributed by atoms with E-state index in [4.69, 9.17) is 0 Å². The third-order valence-corrected chi connectivity index (χ3v) is 5.22. The average molecular weight is 366 g/mol. The van der Waals surface area contributed by atoms with Gasteiger partial charge in [-0.25, -0.2) is 4.98 Å². The zero-order chi connectivity index (χ0) is 18.1. The predicted molar refractivity (Wildman–Crippen MR) is 104 cm³/mol. The number of hydrogen-bond donors (Lipinski definition) is 2. The molecule has 0 spiro atoms. The maximum Gasteiger partial charge on any atom is 0.224 e. The average Bonchev–Trinajstić information content (AvgIpc) is 3.00. The van der Waals surface area contributed by atoms with Crippen LogP contribution < -0.4 is 10.6 Å². The van der Waals surface area contributed by atoms with E-state index in [1.165, 1.54) is 11.3 Å². The number of nitrogens with zero attached hydrogens (tertiary/aromatic N) is 3. The minimum Gasteiger partial charge on any atom is -0.357 e. The quantitative estimate of drug-likeness (QED) is 0.574. The molecule has 1 saturated heterocycles. The van der Waals surface area contributed by atoms with Crippen LogP contribution in [0.1, 0.15) is 43.0 Å². The number of carbonyl (C=O) groups is 1. The van der Waals surface area contributed by atoms with Crippen LogP contribution in [0.2, 0.25) is 0 Å². The second-order valence-corrected chi connectivity index (χ2v) is 7.96. The first kappa shape index (κ1) is 19.7. The van der Waals surface area contributed by atoms with Crippen LogP contribution in [-0.2, 0) is 11.2 Å². The van der Waals surface area contributed by atoms with E-state index in [0.717, 1.165) is 43.4 Å². The summed E-state index contributed by atoms with van der Waals surface area (Å²) in [6.45, 7) is 10.3. The minimum atomic E-state index is 0.244. The summed E-state index contributed by atoms with van der Waals surface area (Å²) in [6.07, 6.45) is 5.63. The van der Waals surface area contributed by atoms with Gasteiger partial charge < -0.3 is 15.5 Å². The first-order chi connectivity index (χ1) is 12.1. The van der Waals surface area contributed by atoms with E-state index in [1.807, 2.05) is 18.0 Å². The van der Waals surface area contributed by atoms with Gasteiger partial charge in [0.25, 0.3) is 0 Å². The Bertz CT molecular complexity index is 572. The Labute approximate surface area is 155 Å². The maximum atomic E-state index is 12.3. The van der Waals surface area contributed by atoms with Crippen molar-refractivity contribution in [2.75, 3.05) is 32.7 Å². The van der Waals surface area contributed by atoms with Crippen LogP contribution in [0.25, 0.3) is 0 Å². The molecular weight excluding hydrogens is 334 g/mol. The van der Waals surface area contributed by atoms with Gasteiger partial charge >= 0.3 is 0 Å². The number of aryl methyl sites for hydroxylation is 1. The van der Waals surface area contributed by atoms with Crippen molar-refractivity contribution < 1.29 is 4.79 Å². The number of thiazole rings is 1. The van der Waals surface area contributed by atoms with Crippen LogP contribution in [0.5, 0.6) is 0 Å².